The van der Waals surface area contributed by atoms with Crippen molar-refractivity contribution in [2.24, 2.45) is 0 Å². The number of carbonyl (C=O) groups excluding carboxylic acids is 1. The van der Waals surface area contributed by atoms with E-state index in [4.69, 9.17) is 33.0 Å². The number of aromatic nitrogens is 2. The fourth-order valence-corrected chi connectivity index (χ4v) is 3.00. The highest BCUT2D eigenvalue weighted by molar-refractivity contribution is 6.45. The number of carbonyl (C=O) groups is 1. The van der Waals surface area contributed by atoms with Gasteiger partial charge in [0, 0.05) is 30.8 Å². The Hall–Kier alpha value is -1.50. The zero-order chi connectivity index (χ0) is 15.1. The number of hydrogen-bond acceptors (Lipinski definition) is 4. The molecule has 0 radical (unpaired) electrons. The highest BCUT2D eigenvalue weighted by Gasteiger charge is 2.26. The SMILES string of the molecule is COc1nc2c3c([nH]c2c(Cl)c1Cl)CCN(C(=O)CO)C3. The fourth-order valence-electron chi connectivity index (χ4n) is 2.56. The molecule has 21 heavy (non-hydrogen) atoms. The van der Waals surface area contributed by atoms with Crippen LogP contribution in [0.5, 0.6) is 5.88 Å². The number of methoxy groups -OCH3 is 1. The number of pyridine rings is 1. The monoisotopic (exact) mass is 329 g/mol. The molecular weight excluding hydrogens is 317 g/mol. The molecule has 1 aliphatic heterocycles. The Labute approximate surface area is 130 Å². The number of rotatable bonds is 2. The number of aliphatic hydroxyl groups excluding tert-OH is 1. The van der Waals surface area contributed by atoms with Crippen LogP contribution in [-0.2, 0) is 17.8 Å². The van der Waals surface area contributed by atoms with Crippen molar-refractivity contribution >= 4 is 40.1 Å². The molecule has 8 heteroatoms. The van der Waals surface area contributed by atoms with Crippen LogP contribution in [0.25, 0.3) is 11.0 Å². The van der Waals surface area contributed by atoms with Crippen molar-refractivity contribution in [3.05, 3.63) is 21.3 Å². The molecule has 0 aliphatic carbocycles. The number of aliphatic hydroxyl groups is 1. The first kappa shape index (κ1) is 14.4. The van der Waals surface area contributed by atoms with Crippen molar-refractivity contribution in [1.82, 2.24) is 14.9 Å². The summed E-state index contributed by atoms with van der Waals surface area (Å²) in [7, 11) is 1.47. The second kappa shape index (κ2) is 5.36. The molecule has 3 rings (SSSR count). The van der Waals surface area contributed by atoms with Gasteiger partial charge in [0.05, 0.1) is 23.2 Å². The van der Waals surface area contributed by atoms with Gasteiger partial charge in [0.15, 0.2) is 0 Å². The van der Waals surface area contributed by atoms with Crippen LogP contribution in [0.2, 0.25) is 10.0 Å². The molecule has 0 atom stereocenters. The Morgan fingerprint density at radius 3 is 2.90 bits per heavy atom. The molecular formula is C13H13Cl2N3O3. The minimum absolute atomic E-state index is 0.251. The maximum atomic E-state index is 11.7. The summed E-state index contributed by atoms with van der Waals surface area (Å²) in [4.78, 5) is 20.8. The van der Waals surface area contributed by atoms with Gasteiger partial charge in [-0.05, 0) is 0 Å². The first-order valence-electron chi connectivity index (χ1n) is 6.37. The Balaban J connectivity index is 2.14. The van der Waals surface area contributed by atoms with Crippen LogP contribution in [0.1, 0.15) is 11.3 Å². The third kappa shape index (κ3) is 2.23. The lowest BCUT2D eigenvalue weighted by Gasteiger charge is -2.26. The summed E-state index contributed by atoms with van der Waals surface area (Å²) in [5.74, 6) is -0.0522. The van der Waals surface area contributed by atoms with Crippen LogP contribution in [-0.4, -0.2) is 46.1 Å². The van der Waals surface area contributed by atoms with Crippen molar-refractivity contribution in [3.63, 3.8) is 0 Å². The van der Waals surface area contributed by atoms with Gasteiger partial charge in [-0.2, -0.15) is 0 Å². The maximum absolute atomic E-state index is 11.7. The van der Waals surface area contributed by atoms with Crippen LogP contribution in [0.3, 0.4) is 0 Å². The van der Waals surface area contributed by atoms with Crippen molar-refractivity contribution in [3.8, 4) is 5.88 Å². The fraction of sp³-hybridized carbons (Fsp3) is 0.385. The second-order valence-electron chi connectivity index (χ2n) is 4.78. The van der Waals surface area contributed by atoms with Gasteiger partial charge in [0.25, 0.3) is 0 Å². The number of ether oxygens (including phenoxy) is 1. The molecule has 2 aromatic heterocycles. The molecule has 0 aromatic carbocycles. The Kier molecular flexibility index (Phi) is 3.69. The van der Waals surface area contributed by atoms with E-state index in [1.54, 1.807) is 4.90 Å². The lowest BCUT2D eigenvalue weighted by Crippen LogP contribution is -2.37. The van der Waals surface area contributed by atoms with Crippen molar-refractivity contribution in [1.29, 1.82) is 0 Å². The normalized spacial score (nSPS) is 14.4. The highest BCUT2D eigenvalue weighted by atomic mass is 35.5. The molecule has 1 amide bonds. The van der Waals surface area contributed by atoms with E-state index in [1.807, 2.05) is 0 Å². The predicted molar refractivity (Wildman–Crippen MR) is 78.9 cm³/mol. The summed E-state index contributed by atoms with van der Waals surface area (Å²) in [5, 5.41) is 9.60. The summed E-state index contributed by atoms with van der Waals surface area (Å²) in [6.07, 6.45) is 0.647. The van der Waals surface area contributed by atoms with Gasteiger partial charge >= 0.3 is 0 Å². The zero-order valence-corrected chi connectivity index (χ0v) is 12.8. The van der Waals surface area contributed by atoms with E-state index >= 15 is 0 Å². The van der Waals surface area contributed by atoms with Gasteiger partial charge in [-0.15, -0.1) is 0 Å². The first-order valence-corrected chi connectivity index (χ1v) is 7.13. The van der Waals surface area contributed by atoms with Gasteiger partial charge < -0.3 is 19.7 Å². The summed E-state index contributed by atoms with van der Waals surface area (Å²) < 4.78 is 5.13. The van der Waals surface area contributed by atoms with Gasteiger partial charge in [-0.1, -0.05) is 23.2 Å². The summed E-state index contributed by atoms with van der Waals surface area (Å²) in [6.45, 7) is 0.422. The molecule has 1 aliphatic rings. The van der Waals surface area contributed by atoms with Gasteiger partial charge in [0.2, 0.25) is 11.8 Å². The lowest BCUT2D eigenvalue weighted by molar-refractivity contribution is -0.135. The van der Waals surface area contributed by atoms with E-state index in [-0.39, 0.29) is 16.8 Å². The molecule has 2 aromatic rings. The summed E-state index contributed by atoms with van der Waals surface area (Å²) in [6, 6.07) is 0. The number of halogens is 2. The van der Waals surface area contributed by atoms with Crippen LogP contribution in [0.4, 0.5) is 0 Å². The number of fused-ring (bicyclic) bond motifs is 3. The standard InChI is InChI=1S/C13H13Cl2N3O3/c1-21-13-10(15)9(14)12-11(17-13)6-4-18(8(20)5-19)3-2-7(6)16-12/h16,19H,2-5H2,1H3. The summed E-state index contributed by atoms with van der Waals surface area (Å²) >= 11 is 12.4. The number of aromatic amines is 1. The molecule has 0 saturated carbocycles. The van der Waals surface area contributed by atoms with Crippen LogP contribution in [0, 0.1) is 0 Å². The number of H-pyrrole nitrogens is 1. The number of amides is 1. The number of nitrogens with one attached hydrogen (secondary N) is 1. The molecule has 2 N–H and O–H groups in total. The van der Waals surface area contributed by atoms with Gasteiger partial charge in [-0.3, -0.25) is 4.79 Å². The molecule has 0 unspecified atom stereocenters. The van der Waals surface area contributed by atoms with Crippen LogP contribution in [0.15, 0.2) is 0 Å². The molecule has 0 saturated heterocycles. The summed E-state index contributed by atoms with van der Waals surface area (Å²) in [5.41, 5.74) is 3.15. The third-order valence-corrected chi connectivity index (χ3v) is 4.46. The molecule has 6 nitrogen and oxygen atoms in total. The Morgan fingerprint density at radius 1 is 1.48 bits per heavy atom. The molecule has 0 spiro atoms. The average molecular weight is 330 g/mol. The first-order chi connectivity index (χ1) is 10.1. The maximum Gasteiger partial charge on any atom is 0.248 e. The quantitative estimate of drug-likeness (QED) is 0.879. The molecule has 0 bridgehead atoms. The van der Waals surface area contributed by atoms with E-state index in [0.29, 0.717) is 35.6 Å². The topological polar surface area (TPSA) is 78.5 Å². The molecule has 0 fully saturated rings. The average Bonchev–Trinajstić information content (AvgIpc) is 2.87. The Morgan fingerprint density at radius 2 is 2.24 bits per heavy atom. The van der Waals surface area contributed by atoms with Gasteiger partial charge in [-0.25, -0.2) is 4.98 Å². The van der Waals surface area contributed by atoms with E-state index < -0.39 is 6.61 Å². The largest absolute Gasteiger partial charge is 0.480 e. The van der Waals surface area contributed by atoms with Crippen molar-refractivity contribution in [2.75, 3.05) is 20.3 Å². The van der Waals surface area contributed by atoms with E-state index in [9.17, 15) is 4.79 Å². The zero-order valence-electron chi connectivity index (χ0n) is 11.2. The van der Waals surface area contributed by atoms with Crippen LogP contribution >= 0.6 is 23.2 Å². The van der Waals surface area contributed by atoms with Gasteiger partial charge in [0.1, 0.15) is 11.6 Å². The van der Waals surface area contributed by atoms with Crippen LogP contribution < -0.4 is 4.74 Å². The molecule has 112 valence electrons. The van der Waals surface area contributed by atoms with E-state index in [1.165, 1.54) is 7.11 Å². The molecule has 3 heterocycles. The van der Waals surface area contributed by atoms with E-state index in [0.717, 1.165) is 11.3 Å². The Bertz CT molecular complexity index is 729. The predicted octanol–water partition coefficient (Wildman–Crippen LogP) is 1.76. The minimum atomic E-state index is -0.499. The van der Waals surface area contributed by atoms with E-state index in [2.05, 4.69) is 9.97 Å². The highest BCUT2D eigenvalue weighted by Crippen LogP contribution is 2.38. The second-order valence-corrected chi connectivity index (χ2v) is 5.53. The van der Waals surface area contributed by atoms with Crippen molar-refractivity contribution in [2.45, 2.75) is 13.0 Å². The lowest BCUT2D eigenvalue weighted by atomic mass is 10.1. The third-order valence-electron chi connectivity index (χ3n) is 3.64. The smallest absolute Gasteiger partial charge is 0.248 e. The minimum Gasteiger partial charge on any atom is -0.480 e. The van der Waals surface area contributed by atoms with Crippen molar-refractivity contribution < 1.29 is 14.6 Å². The number of nitrogens with zero attached hydrogens (tertiary/aromatic N) is 2. The number of hydrogen-bond donors (Lipinski definition) is 2.